The van der Waals surface area contributed by atoms with Crippen molar-refractivity contribution in [1.29, 1.82) is 0 Å². The number of hydrogen-bond acceptors (Lipinski definition) is 3. The van der Waals surface area contributed by atoms with E-state index in [0.717, 1.165) is 44.5 Å². The van der Waals surface area contributed by atoms with Gasteiger partial charge >= 0.3 is 5.97 Å². The fourth-order valence-electron chi connectivity index (χ4n) is 3.52. The molecule has 1 aliphatic heterocycles. The Morgan fingerprint density at radius 3 is 2.35 bits per heavy atom. The first-order valence-electron chi connectivity index (χ1n) is 8.12. The molecule has 0 unspecified atom stereocenters. The molecule has 1 saturated heterocycles. The first-order chi connectivity index (χ1) is 11.0. The summed E-state index contributed by atoms with van der Waals surface area (Å²) >= 11 is 6.33. The molecule has 6 heteroatoms. The number of carbonyl (C=O) groups excluding carboxylic acids is 1. The number of rotatable bonds is 4. The van der Waals surface area contributed by atoms with Gasteiger partial charge in [-0.15, -0.1) is 0 Å². The molecule has 0 spiro atoms. The molecule has 1 aromatic rings. The molecule has 3 rings (SSSR count). The zero-order valence-electron chi connectivity index (χ0n) is 13.0. The number of anilines is 1. The topological polar surface area (TPSA) is 69.6 Å². The van der Waals surface area contributed by atoms with Crippen LogP contribution in [0.4, 0.5) is 5.69 Å². The van der Waals surface area contributed by atoms with Crippen molar-refractivity contribution in [3.05, 3.63) is 28.8 Å². The summed E-state index contributed by atoms with van der Waals surface area (Å²) in [5, 5.41) is 12.7. The summed E-state index contributed by atoms with van der Waals surface area (Å²) in [7, 11) is 0. The average Bonchev–Trinajstić information content (AvgIpc) is 3.19. The summed E-state index contributed by atoms with van der Waals surface area (Å²) < 4.78 is 0. The fraction of sp³-hybridized carbons (Fsp3) is 0.529. The second-order valence-electron chi connectivity index (χ2n) is 6.41. The molecule has 2 N–H and O–H groups in total. The predicted molar refractivity (Wildman–Crippen MR) is 89.2 cm³/mol. The van der Waals surface area contributed by atoms with E-state index in [2.05, 4.69) is 10.2 Å². The molecule has 2 aliphatic rings. The summed E-state index contributed by atoms with van der Waals surface area (Å²) in [6.45, 7) is 1.96. The van der Waals surface area contributed by atoms with Gasteiger partial charge in [-0.05, 0) is 43.9 Å². The largest absolute Gasteiger partial charge is 0.480 e. The molecule has 2 fully saturated rings. The first kappa shape index (κ1) is 16.1. The van der Waals surface area contributed by atoms with Crippen molar-refractivity contribution in [3.63, 3.8) is 0 Å². The van der Waals surface area contributed by atoms with Crippen LogP contribution in [0.2, 0.25) is 5.02 Å². The Kier molecular flexibility index (Phi) is 4.48. The smallest absolute Gasteiger partial charge is 0.329 e. The number of carboxylic acids is 1. The molecule has 23 heavy (non-hydrogen) atoms. The lowest BCUT2D eigenvalue weighted by Gasteiger charge is -2.25. The van der Waals surface area contributed by atoms with Crippen LogP contribution < -0.4 is 10.2 Å². The molecule has 0 bridgehead atoms. The van der Waals surface area contributed by atoms with Gasteiger partial charge in [0.05, 0.1) is 10.7 Å². The second kappa shape index (κ2) is 6.40. The predicted octanol–water partition coefficient (Wildman–Crippen LogP) is 3.07. The Balaban J connectivity index is 1.77. The number of benzene rings is 1. The van der Waals surface area contributed by atoms with E-state index in [1.165, 1.54) is 0 Å². The van der Waals surface area contributed by atoms with Crippen LogP contribution in [0.25, 0.3) is 0 Å². The van der Waals surface area contributed by atoms with Crippen molar-refractivity contribution < 1.29 is 14.7 Å². The quantitative estimate of drug-likeness (QED) is 0.886. The van der Waals surface area contributed by atoms with Gasteiger partial charge in [-0.25, -0.2) is 4.79 Å². The molecule has 5 nitrogen and oxygen atoms in total. The Hall–Kier alpha value is -1.75. The lowest BCUT2D eigenvalue weighted by atomic mass is 9.97. The van der Waals surface area contributed by atoms with E-state index < -0.39 is 11.5 Å². The van der Waals surface area contributed by atoms with Crippen molar-refractivity contribution in [3.8, 4) is 0 Å². The van der Waals surface area contributed by atoms with Gasteiger partial charge in [0.1, 0.15) is 5.54 Å². The van der Waals surface area contributed by atoms with Crippen molar-refractivity contribution in [2.45, 2.75) is 44.1 Å². The van der Waals surface area contributed by atoms with E-state index in [-0.39, 0.29) is 5.91 Å². The van der Waals surface area contributed by atoms with Crippen molar-refractivity contribution >= 4 is 29.2 Å². The second-order valence-corrected chi connectivity index (χ2v) is 6.82. The third kappa shape index (κ3) is 3.15. The fourth-order valence-corrected chi connectivity index (χ4v) is 3.82. The van der Waals surface area contributed by atoms with Crippen LogP contribution in [0.5, 0.6) is 0 Å². The molecule has 1 heterocycles. The number of nitrogens with zero attached hydrogens (tertiary/aromatic N) is 1. The minimum atomic E-state index is -1.13. The molecule has 0 aromatic heterocycles. The zero-order valence-corrected chi connectivity index (χ0v) is 13.7. The minimum absolute atomic E-state index is 0.371. The average molecular weight is 337 g/mol. The van der Waals surface area contributed by atoms with Gasteiger partial charge in [0.25, 0.3) is 5.91 Å². The van der Waals surface area contributed by atoms with E-state index in [4.69, 9.17) is 11.6 Å². The number of nitrogens with one attached hydrogen (secondary N) is 1. The SMILES string of the molecule is O=C(NC1(C(=O)O)CCCC1)c1ccc(N2CCCC2)c(Cl)c1. The van der Waals surface area contributed by atoms with E-state index >= 15 is 0 Å². The van der Waals surface area contributed by atoms with Crippen molar-refractivity contribution in [2.75, 3.05) is 18.0 Å². The van der Waals surface area contributed by atoms with Crippen LogP contribution in [-0.4, -0.2) is 35.6 Å². The normalized spacial score (nSPS) is 19.8. The van der Waals surface area contributed by atoms with E-state index in [1.807, 2.05) is 6.07 Å². The van der Waals surface area contributed by atoms with Crippen LogP contribution in [0.1, 0.15) is 48.9 Å². The Morgan fingerprint density at radius 2 is 1.78 bits per heavy atom. The van der Waals surface area contributed by atoms with Gasteiger partial charge in [-0.1, -0.05) is 24.4 Å². The van der Waals surface area contributed by atoms with E-state index in [0.29, 0.717) is 23.4 Å². The molecule has 124 valence electrons. The maximum absolute atomic E-state index is 12.4. The Morgan fingerprint density at radius 1 is 1.13 bits per heavy atom. The van der Waals surface area contributed by atoms with Gasteiger partial charge in [0.2, 0.25) is 0 Å². The highest BCUT2D eigenvalue weighted by Gasteiger charge is 2.42. The number of halogens is 1. The Bertz CT molecular complexity index is 620. The number of aliphatic carboxylic acids is 1. The van der Waals surface area contributed by atoms with Crippen molar-refractivity contribution in [2.24, 2.45) is 0 Å². The molecule has 1 amide bonds. The molecular formula is C17H21ClN2O3. The van der Waals surface area contributed by atoms with Gasteiger partial charge < -0.3 is 15.3 Å². The molecule has 0 radical (unpaired) electrons. The van der Waals surface area contributed by atoms with Crippen LogP contribution in [0, 0.1) is 0 Å². The van der Waals surface area contributed by atoms with Crippen LogP contribution in [-0.2, 0) is 4.79 Å². The van der Waals surface area contributed by atoms with Gasteiger partial charge in [0.15, 0.2) is 0 Å². The highest BCUT2D eigenvalue weighted by molar-refractivity contribution is 6.33. The molecule has 1 saturated carbocycles. The summed E-state index contributed by atoms with van der Waals surface area (Å²) in [4.78, 5) is 26.2. The highest BCUT2D eigenvalue weighted by atomic mass is 35.5. The lowest BCUT2D eigenvalue weighted by molar-refractivity contribution is -0.144. The number of carbonyl (C=O) groups is 2. The monoisotopic (exact) mass is 336 g/mol. The summed E-state index contributed by atoms with van der Waals surface area (Å²) in [5.74, 6) is -1.33. The molecule has 1 aromatic carbocycles. The maximum atomic E-state index is 12.4. The Labute approximate surface area is 140 Å². The third-order valence-electron chi connectivity index (χ3n) is 4.88. The molecule has 1 aliphatic carbocycles. The zero-order chi connectivity index (χ0) is 16.4. The maximum Gasteiger partial charge on any atom is 0.329 e. The van der Waals surface area contributed by atoms with E-state index in [9.17, 15) is 14.7 Å². The molecule has 0 atom stereocenters. The lowest BCUT2D eigenvalue weighted by Crippen LogP contribution is -2.52. The summed E-state index contributed by atoms with van der Waals surface area (Å²) in [6.07, 6.45) is 4.91. The van der Waals surface area contributed by atoms with E-state index in [1.54, 1.807) is 12.1 Å². The van der Waals surface area contributed by atoms with Crippen LogP contribution in [0.3, 0.4) is 0 Å². The van der Waals surface area contributed by atoms with Crippen LogP contribution in [0.15, 0.2) is 18.2 Å². The van der Waals surface area contributed by atoms with Crippen LogP contribution >= 0.6 is 11.6 Å². The third-order valence-corrected chi connectivity index (χ3v) is 5.18. The van der Waals surface area contributed by atoms with Gasteiger partial charge in [-0.2, -0.15) is 0 Å². The minimum Gasteiger partial charge on any atom is -0.480 e. The first-order valence-corrected chi connectivity index (χ1v) is 8.50. The summed E-state index contributed by atoms with van der Waals surface area (Å²) in [5.41, 5.74) is 0.219. The number of hydrogen-bond donors (Lipinski definition) is 2. The van der Waals surface area contributed by atoms with Gasteiger partial charge in [0, 0.05) is 18.7 Å². The highest BCUT2D eigenvalue weighted by Crippen LogP contribution is 2.32. The number of amides is 1. The summed E-state index contributed by atoms with van der Waals surface area (Å²) in [6, 6.07) is 5.21. The van der Waals surface area contributed by atoms with Gasteiger partial charge in [-0.3, -0.25) is 4.79 Å². The van der Waals surface area contributed by atoms with Crippen molar-refractivity contribution in [1.82, 2.24) is 5.32 Å². The molecular weight excluding hydrogens is 316 g/mol. The standard InChI is InChI=1S/C17H21ClN2O3/c18-13-11-12(5-6-14(13)20-9-3-4-10-20)15(21)19-17(16(22)23)7-1-2-8-17/h5-6,11H,1-4,7-10H2,(H,19,21)(H,22,23). The number of carboxylic acid groups (broad SMARTS) is 1.